The van der Waals surface area contributed by atoms with E-state index in [1.807, 2.05) is 18.0 Å². The third kappa shape index (κ3) is 3.37. The average Bonchev–Trinajstić information content (AvgIpc) is 2.76. The van der Waals surface area contributed by atoms with Gasteiger partial charge >= 0.3 is 0 Å². The summed E-state index contributed by atoms with van der Waals surface area (Å²) in [6.07, 6.45) is 2.15. The number of aryl methyl sites for hydroxylation is 1. The number of aromatic nitrogens is 2. The Bertz CT molecular complexity index is 724. The highest BCUT2D eigenvalue weighted by Crippen LogP contribution is 2.31. The Morgan fingerprint density at radius 1 is 1.40 bits per heavy atom. The highest BCUT2D eigenvalue weighted by molar-refractivity contribution is 7.90. The van der Waals surface area contributed by atoms with Crippen molar-refractivity contribution in [2.75, 3.05) is 36.2 Å². The zero-order valence-corrected chi connectivity index (χ0v) is 13.4. The fourth-order valence-corrected chi connectivity index (χ4v) is 3.42. The number of hydrogen-bond acceptors (Lipinski definition) is 7. The van der Waals surface area contributed by atoms with Crippen LogP contribution in [0.5, 0.6) is 0 Å². The van der Waals surface area contributed by atoms with E-state index in [9.17, 15) is 8.42 Å². The monoisotopic (exact) mass is 314 g/mol. The van der Waals surface area contributed by atoms with Gasteiger partial charge in [-0.3, -0.25) is 0 Å². The van der Waals surface area contributed by atoms with Crippen LogP contribution >= 0.6 is 11.3 Å². The van der Waals surface area contributed by atoms with Crippen molar-refractivity contribution in [3.63, 3.8) is 0 Å². The Hall–Kier alpha value is -1.41. The van der Waals surface area contributed by atoms with Crippen LogP contribution in [0, 0.1) is 0 Å². The molecule has 110 valence electrons. The Morgan fingerprint density at radius 3 is 2.70 bits per heavy atom. The van der Waals surface area contributed by atoms with Gasteiger partial charge in [-0.05, 0) is 12.5 Å². The maximum atomic E-state index is 11.3. The number of hydrogen-bond donors (Lipinski definition) is 1. The lowest BCUT2D eigenvalue weighted by Crippen LogP contribution is -2.26. The van der Waals surface area contributed by atoms with Gasteiger partial charge in [0.25, 0.3) is 0 Å². The number of anilines is 2. The maximum absolute atomic E-state index is 11.3. The third-order valence-corrected chi connectivity index (χ3v) is 5.05. The van der Waals surface area contributed by atoms with Crippen LogP contribution in [0.4, 0.5) is 11.8 Å². The highest BCUT2D eigenvalue weighted by Gasteiger charge is 2.15. The first-order valence-electron chi connectivity index (χ1n) is 6.25. The number of sulfone groups is 1. The summed E-state index contributed by atoms with van der Waals surface area (Å²) in [5, 5.41) is 0.928. The van der Waals surface area contributed by atoms with Crippen molar-refractivity contribution in [1.29, 1.82) is 0 Å². The van der Waals surface area contributed by atoms with Crippen LogP contribution in [-0.4, -0.2) is 44.0 Å². The van der Waals surface area contributed by atoms with Gasteiger partial charge in [0.15, 0.2) is 0 Å². The summed E-state index contributed by atoms with van der Waals surface area (Å²) >= 11 is 1.59. The van der Waals surface area contributed by atoms with Crippen molar-refractivity contribution >= 4 is 43.2 Å². The fraction of sp³-hybridized carbons (Fsp3) is 0.500. The van der Waals surface area contributed by atoms with Crippen LogP contribution in [-0.2, 0) is 16.3 Å². The summed E-state index contributed by atoms with van der Waals surface area (Å²) in [7, 11) is -1.19. The van der Waals surface area contributed by atoms with E-state index in [1.165, 1.54) is 11.1 Å². The molecule has 0 saturated carbocycles. The Labute approximate surface area is 122 Å². The fourth-order valence-electron chi connectivity index (χ4n) is 1.85. The van der Waals surface area contributed by atoms with Gasteiger partial charge in [-0.15, -0.1) is 11.3 Å². The van der Waals surface area contributed by atoms with E-state index in [-0.39, 0.29) is 11.7 Å². The SMILES string of the molecule is CCc1cc2c(N(C)CCS(C)(=O)=O)nc(N)nc2s1. The lowest BCUT2D eigenvalue weighted by atomic mass is 10.3. The van der Waals surface area contributed by atoms with Crippen LogP contribution in [0.2, 0.25) is 0 Å². The second-order valence-corrected chi connectivity index (χ2v) is 8.12. The second kappa shape index (κ2) is 5.53. The van der Waals surface area contributed by atoms with Crippen molar-refractivity contribution in [3.05, 3.63) is 10.9 Å². The summed E-state index contributed by atoms with van der Waals surface area (Å²) in [4.78, 5) is 12.4. The minimum absolute atomic E-state index is 0.0830. The largest absolute Gasteiger partial charge is 0.368 e. The van der Waals surface area contributed by atoms with Crippen molar-refractivity contribution in [2.45, 2.75) is 13.3 Å². The van der Waals surface area contributed by atoms with Crippen molar-refractivity contribution in [2.24, 2.45) is 0 Å². The van der Waals surface area contributed by atoms with Crippen molar-refractivity contribution in [3.8, 4) is 0 Å². The molecule has 0 bridgehead atoms. The molecule has 2 aromatic heterocycles. The van der Waals surface area contributed by atoms with E-state index in [4.69, 9.17) is 5.73 Å². The first kappa shape index (κ1) is 15.0. The van der Waals surface area contributed by atoms with Gasteiger partial charge in [-0.1, -0.05) is 6.92 Å². The normalized spacial score (nSPS) is 11.9. The van der Waals surface area contributed by atoms with Crippen LogP contribution in [0.3, 0.4) is 0 Å². The van der Waals surface area contributed by atoms with Gasteiger partial charge in [-0.2, -0.15) is 4.98 Å². The van der Waals surface area contributed by atoms with E-state index in [1.54, 1.807) is 11.3 Å². The summed E-state index contributed by atoms with van der Waals surface area (Å²) in [6, 6.07) is 2.05. The molecule has 0 amide bonds. The third-order valence-electron chi connectivity index (χ3n) is 2.95. The van der Waals surface area contributed by atoms with E-state index in [0.29, 0.717) is 12.4 Å². The standard InChI is InChI=1S/C12H18N4O2S2/c1-4-8-7-9-10(14-12(13)15-11(9)19-8)16(2)5-6-20(3,17)18/h7H,4-6H2,1-3H3,(H2,13,14,15). The number of thiophene rings is 1. The number of fused-ring (bicyclic) bond motifs is 1. The Balaban J connectivity index is 2.39. The molecule has 0 aromatic carbocycles. The minimum atomic E-state index is -3.00. The molecule has 0 unspecified atom stereocenters. The highest BCUT2D eigenvalue weighted by atomic mass is 32.2. The van der Waals surface area contributed by atoms with Crippen LogP contribution < -0.4 is 10.6 Å². The molecule has 8 heteroatoms. The molecule has 2 rings (SSSR count). The zero-order chi connectivity index (χ0) is 14.9. The molecule has 2 N–H and O–H groups in total. The van der Waals surface area contributed by atoms with E-state index < -0.39 is 9.84 Å². The van der Waals surface area contributed by atoms with Crippen LogP contribution in [0.1, 0.15) is 11.8 Å². The molecule has 0 aliphatic rings. The van der Waals surface area contributed by atoms with E-state index >= 15 is 0 Å². The van der Waals surface area contributed by atoms with E-state index in [2.05, 4.69) is 16.9 Å². The van der Waals surface area contributed by atoms with Crippen LogP contribution in [0.15, 0.2) is 6.07 Å². The quantitative estimate of drug-likeness (QED) is 0.895. The molecule has 20 heavy (non-hydrogen) atoms. The van der Waals surface area contributed by atoms with Gasteiger partial charge in [0.05, 0.1) is 11.1 Å². The van der Waals surface area contributed by atoms with Gasteiger partial charge in [-0.25, -0.2) is 13.4 Å². The first-order valence-corrected chi connectivity index (χ1v) is 9.12. The molecule has 0 fully saturated rings. The predicted molar refractivity (Wildman–Crippen MR) is 84.2 cm³/mol. The molecule has 0 saturated heterocycles. The zero-order valence-electron chi connectivity index (χ0n) is 11.8. The van der Waals surface area contributed by atoms with Crippen molar-refractivity contribution < 1.29 is 8.42 Å². The van der Waals surface area contributed by atoms with Crippen LogP contribution in [0.25, 0.3) is 10.2 Å². The van der Waals surface area contributed by atoms with Gasteiger partial charge < -0.3 is 10.6 Å². The minimum Gasteiger partial charge on any atom is -0.368 e. The molecular weight excluding hydrogens is 296 g/mol. The summed E-state index contributed by atoms with van der Waals surface area (Å²) in [6.45, 7) is 2.45. The Kier molecular flexibility index (Phi) is 4.14. The summed E-state index contributed by atoms with van der Waals surface area (Å²) in [5.41, 5.74) is 5.73. The topological polar surface area (TPSA) is 89.2 Å². The lowest BCUT2D eigenvalue weighted by Gasteiger charge is -2.18. The van der Waals surface area contributed by atoms with Crippen molar-refractivity contribution in [1.82, 2.24) is 9.97 Å². The number of nitrogens with two attached hydrogens (primary N) is 1. The molecule has 0 atom stereocenters. The molecule has 0 aliphatic heterocycles. The molecule has 0 spiro atoms. The van der Waals surface area contributed by atoms with Gasteiger partial charge in [0, 0.05) is 24.7 Å². The smallest absolute Gasteiger partial charge is 0.223 e. The molecular formula is C12H18N4O2S2. The Morgan fingerprint density at radius 2 is 2.10 bits per heavy atom. The predicted octanol–water partition coefficient (Wildman–Crippen LogP) is 1.32. The van der Waals surface area contributed by atoms with Gasteiger partial charge in [0.2, 0.25) is 5.95 Å². The maximum Gasteiger partial charge on any atom is 0.223 e. The number of nitrogens with zero attached hydrogens (tertiary/aromatic N) is 3. The lowest BCUT2D eigenvalue weighted by molar-refractivity contribution is 0.601. The first-order chi connectivity index (χ1) is 9.30. The molecule has 2 heterocycles. The van der Waals surface area contributed by atoms with Gasteiger partial charge in [0.1, 0.15) is 20.5 Å². The molecule has 2 aromatic rings. The summed E-state index contributed by atoms with van der Waals surface area (Å²) < 4.78 is 22.5. The molecule has 6 nitrogen and oxygen atoms in total. The molecule has 0 aliphatic carbocycles. The second-order valence-electron chi connectivity index (χ2n) is 4.74. The molecule has 0 radical (unpaired) electrons. The number of nitrogen functional groups attached to an aromatic ring is 1. The average molecular weight is 314 g/mol. The summed E-state index contributed by atoms with van der Waals surface area (Å²) in [5.74, 6) is 0.981. The van der Waals surface area contributed by atoms with E-state index in [0.717, 1.165) is 16.6 Å². The number of rotatable bonds is 5.